The van der Waals surface area contributed by atoms with Gasteiger partial charge in [0.1, 0.15) is 28.2 Å². The number of benzene rings is 10. The number of nitrogens with one attached hydrogen (secondary N) is 1. The molecule has 0 saturated carbocycles. The van der Waals surface area contributed by atoms with Crippen molar-refractivity contribution in [3.8, 4) is 22.3 Å². The van der Waals surface area contributed by atoms with Gasteiger partial charge in [0.15, 0.2) is 12.0 Å². The highest BCUT2D eigenvalue weighted by molar-refractivity contribution is 6.22. The number of fused-ring (bicyclic) bond motifs is 9. The predicted molar refractivity (Wildman–Crippen MR) is 256 cm³/mol. The Morgan fingerprint density at radius 3 is 1.90 bits per heavy atom. The summed E-state index contributed by atoms with van der Waals surface area (Å²) in [5, 5.41) is 15.0. The average molecular weight is 794 g/mol. The van der Waals surface area contributed by atoms with Gasteiger partial charge in [-0.1, -0.05) is 164 Å². The van der Waals surface area contributed by atoms with Gasteiger partial charge in [0.05, 0.1) is 0 Å². The highest BCUT2D eigenvalue weighted by atomic mass is 16.3. The summed E-state index contributed by atoms with van der Waals surface area (Å²) in [5.74, 6) is 1.40. The molecule has 1 aliphatic rings. The van der Waals surface area contributed by atoms with E-state index in [-0.39, 0.29) is 0 Å². The van der Waals surface area contributed by atoms with Gasteiger partial charge >= 0.3 is 0 Å². The molecule has 3 heterocycles. The summed E-state index contributed by atoms with van der Waals surface area (Å²) in [6, 6.07) is 70.5. The number of nitrogens with zero attached hydrogens (tertiary/aromatic N) is 2. The lowest BCUT2D eigenvalue weighted by Crippen LogP contribution is -2.33. The Bertz CT molecular complexity index is 3850. The summed E-state index contributed by atoms with van der Waals surface area (Å²) in [4.78, 5) is 10.7. The Morgan fingerprint density at radius 2 is 1.06 bits per heavy atom. The molecule has 0 bridgehead atoms. The Hall–Kier alpha value is -8.28. The zero-order valence-electron chi connectivity index (χ0n) is 33.3. The van der Waals surface area contributed by atoms with Crippen LogP contribution in [0.4, 0.5) is 0 Å². The maximum Gasteiger partial charge on any atom is 0.159 e. The van der Waals surface area contributed by atoms with Crippen molar-refractivity contribution >= 4 is 87.9 Å². The number of amidine groups is 2. The van der Waals surface area contributed by atoms with Crippen LogP contribution in [0.15, 0.2) is 219 Å². The highest BCUT2D eigenvalue weighted by Crippen LogP contribution is 2.44. The summed E-state index contributed by atoms with van der Waals surface area (Å²) in [7, 11) is 0. The van der Waals surface area contributed by atoms with Crippen LogP contribution < -0.4 is 5.32 Å². The standard InChI is InChI=1S/C57H35N3O2/c1-2-13-34(14-3-1)40-31-48(53-49-30-37-17-6-7-18-38(37)32-51(49)61-52(53)33-40)43-27-28-46(42-20-9-8-19-41(42)43)56-58-55(39-26-25-35-15-4-5-16-36(35)29-39)59-57(60-56)47-23-12-22-45-44-21-10-11-24-50(44)62-54(45)47/h1-33,57H,(H,58,59,60). The van der Waals surface area contributed by atoms with E-state index in [1.807, 2.05) is 12.1 Å². The Labute approximate surface area is 355 Å². The first-order valence-corrected chi connectivity index (χ1v) is 21.0. The van der Waals surface area contributed by atoms with Crippen molar-refractivity contribution in [3.63, 3.8) is 0 Å². The quantitative estimate of drug-likeness (QED) is 0.189. The maximum atomic E-state index is 6.75. The summed E-state index contributed by atoms with van der Waals surface area (Å²) in [6.07, 6.45) is -0.471. The number of rotatable bonds is 5. The van der Waals surface area contributed by atoms with Gasteiger partial charge in [-0.25, -0.2) is 9.98 Å². The van der Waals surface area contributed by atoms with Crippen molar-refractivity contribution in [2.24, 2.45) is 9.98 Å². The summed E-state index contributed by atoms with van der Waals surface area (Å²) >= 11 is 0. The monoisotopic (exact) mass is 793 g/mol. The topological polar surface area (TPSA) is 63.0 Å². The Kier molecular flexibility index (Phi) is 7.60. The molecule has 10 aromatic carbocycles. The largest absolute Gasteiger partial charge is 0.456 e. The molecule has 2 aromatic heterocycles. The Balaban J connectivity index is 1.02. The van der Waals surface area contributed by atoms with E-state index in [4.69, 9.17) is 18.8 Å². The number of hydrogen-bond donors (Lipinski definition) is 1. The lowest BCUT2D eigenvalue weighted by atomic mass is 9.89. The number of hydrogen-bond acceptors (Lipinski definition) is 5. The fourth-order valence-electron chi connectivity index (χ4n) is 9.53. The number of aliphatic imine (C=N–C) groups is 2. The summed E-state index contributed by atoms with van der Waals surface area (Å²) in [6.45, 7) is 0. The van der Waals surface area contributed by atoms with E-state index in [9.17, 15) is 0 Å². The van der Waals surface area contributed by atoms with E-state index in [0.717, 1.165) is 110 Å². The first kappa shape index (κ1) is 34.6. The lowest BCUT2D eigenvalue weighted by molar-refractivity contribution is 0.629. The molecule has 1 unspecified atom stereocenters. The summed E-state index contributed by atoms with van der Waals surface area (Å²) in [5.41, 5.74) is 10.7. The normalized spacial score (nSPS) is 14.3. The maximum absolute atomic E-state index is 6.75. The van der Waals surface area contributed by atoms with E-state index >= 15 is 0 Å². The second kappa shape index (κ2) is 13.6. The van der Waals surface area contributed by atoms with Gasteiger partial charge in [-0.05, 0) is 91.0 Å². The molecule has 0 saturated heterocycles. The van der Waals surface area contributed by atoms with Gasteiger partial charge in [0.2, 0.25) is 0 Å². The molecule has 290 valence electrons. The van der Waals surface area contributed by atoms with Gasteiger partial charge in [0.25, 0.3) is 0 Å². The van der Waals surface area contributed by atoms with Crippen LogP contribution >= 0.6 is 0 Å². The van der Waals surface area contributed by atoms with Crippen LogP contribution in [0.25, 0.3) is 98.4 Å². The molecule has 0 spiro atoms. The molecule has 62 heavy (non-hydrogen) atoms. The molecule has 0 amide bonds. The predicted octanol–water partition coefficient (Wildman–Crippen LogP) is 14.8. The molecular formula is C57H35N3O2. The molecule has 1 aliphatic heterocycles. The SMILES string of the molecule is c1ccc(-c2cc(-c3ccc(C4=NC(c5ccc6ccccc6c5)=NC(c5cccc6c5oc5ccccc56)N4)c4ccccc34)c3c(c2)oc2cc4ccccc4cc23)cc1. The molecule has 1 atom stereocenters. The lowest BCUT2D eigenvalue weighted by Gasteiger charge is -2.25. The zero-order valence-corrected chi connectivity index (χ0v) is 33.3. The van der Waals surface area contributed by atoms with E-state index in [2.05, 4.69) is 193 Å². The zero-order chi connectivity index (χ0) is 40.7. The van der Waals surface area contributed by atoms with Gasteiger partial charge in [0, 0.05) is 38.2 Å². The summed E-state index contributed by atoms with van der Waals surface area (Å²) < 4.78 is 13.3. The molecule has 5 nitrogen and oxygen atoms in total. The first-order valence-electron chi connectivity index (χ1n) is 21.0. The fourth-order valence-corrected chi connectivity index (χ4v) is 9.53. The third-order valence-electron chi connectivity index (χ3n) is 12.5. The highest BCUT2D eigenvalue weighted by Gasteiger charge is 2.27. The molecule has 5 heteroatoms. The van der Waals surface area contributed by atoms with Crippen molar-refractivity contribution in [2.75, 3.05) is 0 Å². The van der Waals surface area contributed by atoms with E-state index in [0.29, 0.717) is 5.84 Å². The van der Waals surface area contributed by atoms with Crippen LogP contribution in [0, 0.1) is 0 Å². The van der Waals surface area contributed by atoms with Gasteiger partial charge in [-0.2, -0.15) is 0 Å². The number of furan rings is 2. The van der Waals surface area contributed by atoms with Gasteiger partial charge in [-0.15, -0.1) is 0 Å². The molecule has 0 fully saturated rings. The van der Waals surface area contributed by atoms with Gasteiger partial charge in [-0.3, -0.25) is 0 Å². The van der Waals surface area contributed by atoms with Crippen molar-refractivity contribution in [1.29, 1.82) is 0 Å². The number of para-hydroxylation sites is 2. The van der Waals surface area contributed by atoms with E-state index < -0.39 is 6.17 Å². The third kappa shape index (κ3) is 5.49. The minimum Gasteiger partial charge on any atom is -0.456 e. The molecule has 1 N–H and O–H groups in total. The van der Waals surface area contributed by atoms with Crippen molar-refractivity contribution in [2.45, 2.75) is 6.17 Å². The van der Waals surface area contributed by atoms with E-state index in [1.165, 1.54) is 10.8 Å². The molecule has 13 rings (SSSR count). The smallest absolute Gasteiger partial charge is 0.159 e. The third-order valence-corrected chi connectivity index (χ3v) is 12.5. The molecular weight excluding hydrogens is 759 g/mol. The van der Waals surface area contributed by atoms with Crippen LogP contribution in [-0.4, -0.2) is 11.7 Å². The molecule has 0 radical (unpaired) electrons. The van der Waals surface area contributed by atoms with Crippen molar-refractivity contribution in [1.82, 2.24) is 5.32 Å². The van der Waals surface area contributed by atoms with Crippen LogP contribution in [-0.2, 0) is 0 Å². The van der Waals surface area contributed by atoms with E-state index in [1.54, 1.807) is 0 Å². The first-order chi connectivity index (χ1) is 30.7. The molecule has 12 aromatic rings. The van der Waals surface area contributed by atoms with Crippen molar-refractivity contribution in [3.05, 3.63) is 217 Å². The van der Waals surface area contributed by atoms with Crippen LogP contribution in [0.3, 0.4) is 0 Å². The van der Waals surface area contributed by atoms with Gasteiger partial charge < -0.3 is 14.2 Å². The fraction of sp³-hybridized carbons (Fsp3) is 0.0175. The average Bonchev–Trinajstić information content (AvgIpc) is 3.90. The second-order valence-electron chi connectivity index (χ2n) is 16.1. The van der Waals surface area contributed by atoms with Crippen LogP contribution in [0.5, 0.6) is 0 Å². The molecule has 0 aliphatic carbocycles. The minimum atomic E-state index is -0.471. The van der Waals surface area contributed by atoms with Crippen molar-refractivity contribution < 1.29 is 8.83 Å². The van der Waals surface area contributed by atoms with Crippen LogP contribution in [0.2, 0.25) is 0 Å². The van der Waals surface area contributed by atoms with Crippen LogP contribution in [0.1, 0.15) is 22.9 Å². The Morgan fingerprint density at radius 1 is 0.387 bits per heavy atom. The second-order valence-corrected chi connectivity index (χ2v) is 16.1. The minimum absolute atomic E-state index is 0.471.